The van der Waals surface area contributed by atoms with Crippen LogP contribution in [-0.2, 0) is 13.1 Å². The van der Waals surface area contributed by atoms with E-state index in [9.17, 15) is 4.79 Å². The van der Waals surface area contributed by atoms with Gasteiger partial charge in [0.25, 0.3) is 0 Å². The van der Waals surface area contributed by atoms with Crippen molar-refractivity contribution in [3.05, 3.63) is 52.6 Å². The first-order valence-corrected chi connectivity index (χ1v) is 9.12. The second-order valence-corrected chi connectivity index (χ2v) is 7.04. The molecule has 1 aliphatic carbocycles. The van der Waals surface area contributed by atoms with Gasteiger partial charge in [-0.05, 0) is 36.0 Å². The quantitative estimate of drug-likeness (QED) is 0.766. The standard InChI is InChI=1S/C20H24N4O/c21-11-14-6-8-16(9-7-14)17-10-18-19(22-12-17)23-20(25)24(18)13-15-4-2-1-3-5-15/h6-10,12,15H,1-5,11,13,21H2,(H,22,23,25). The highest BCUT2D eigenvalue weighted by atomic mass is 16.1. The van der Waals surface area contributed by atoms with E-state index in [1.54, 1.807) is 0 Å². The number of fused-ring (bicyclic) bond motifs is 1. The molecule has 0 spiro atoms. The number of imidazole rings is 1. The molecule has 1 aromatic carbocycles. The molecule has 0 unspecified atom stereocenters. The highest BCUT2D eigenvalue weighted by Crippen LogP contribution is 2.27. The van der Waals surface area contributed by atoms with Crippen LogP contribution in [0.2, 0.25) is 0 Å². The van der Waals surface area contributed by atoms with Gasteiger partial charge in [0.1, 0.15) is 0 Å². The average molecular weight is 336 g/mol. The van der Waals surface area contributed by atoms with Gasteiger partial charge in [0, 0.05) is 24.8 Å². The van der Waals surface area contributed by atoms with Crippen LogP contribution in [0, 0.1) is 5.92 Å². The van der Waals surface area contributed by atoms with Gasteiger partial charge in [0.05, 0.1) is 5.52 Å². The molecule has 130 valence electrons. The summed E-state index contributed by atoms with van der Waals surface area (Å²) in [5.41, 5.74) is 10.4. The molecule has 0 atom stereocenters. The lowest BCUT2D eigenvalue weighted by Crippen LogP contribution is -2.23. The number of hydrogen-bond donors (Lipinski definition) is 2. The summed E-state index contributed by atoms with van der Waals surface area (Å²) >= 11 is 0. The van der Waals surface area contributed by atoms with Crippen molar-refractivity contribution < 1.29 is 0 Å². The monoisotopic (exact) mass is 336 g/mol. The van der Waals surface area contributed by atoms with Crippen LogP contribution in [0.25, 0.3) is 22.3 Å². The number of aromatic amines is 1. The summed E-state index contributed by atoms with van der Waals surface area (Å²) in [7, 11) is 0. The van der Waals surface area contributed by atoms with Gasteiger partial charge in [-0.3, -0.25) is 9.55 Å². The SMILES string of the molecule is NCc1ccc(-c2cnc3[nH]c(=O)n(CC4CCCCC4)c3c2)cc1. The third-order valence-corrected chi connectivity index (χ3v) is 5.32. The smallest absolute Gasteiger partial charge is 0.326 e. The molecule has 1 aliphatic rings. The zero-order chi connectivity index (χ0) is 17.2. The van der Waals surface area contributed by atoms with Crippen LogP contribution in [0.4, 0.5) is 0 Å². The maximum absolute atomic E-state index is 12.4. The van der Waals surface area contributed by atoms with Crippen molar-refractivity contribution in [1.29, 1.82) is 0 Å². The molecule has 0 saturated heterocycles. The van der Waals surface area contributed by atoms with Crippen LogP contribution >= 0.6 is 0 Å². The van der Waals surface area contributed by atoms with E-state index < -0.39 is 0 Å². The van der Waals surface area contributed by atoms with Crippen LogP contribution in [-0.4, -0.2) is 14.5 Å². The van der Waals surface area contributed by atoms with Crippen molar-refractivity contribution in [2.75, 3.05) is 0 Å². The number of rotatable bonds is 4. The van der Waals surface area contributed by atoms with E-state index >= 15 is 0 Å². The summed E-state index contributed by atoms with van der Waals surface area (Å²) in [5.74, 6) is 0.595. The zero-order valence-corrected chi connectivity index (χ0v) is 14.4. The highest BCUT2D eigenvalue weighted by molar-refractivity contribution is 5.78. The van der Waals surface area contributed by atoms with E-state index in [1.165, 1.54) is 32.1 Å². The molecule has 0 aliphatic heterocycles. The molecule has 0 amide bonds. The zero-order valence-electron chi connectivity index (χ0n) is 14.4. The molecule has 0 radical (unpaired) electrons. The molecular formula is C20H24N4O. The first-order valence-electron chi connectivity index (χ1n) is 9.12. The van der Waals surface area contributed by atoms with Crippen LogP contribution in [0.5, 0.6) is 0 Å². The Bertz CT molecular complexity index is 917. The van der Waals surface area contributed by atoms with E-state index in [0.29, 0.717) is 18.1 Å². The lowest BCUT2D eigenvalue weighted by Gasteiger charge is -2.21. The van der Waals surface area contributed by atoms with Gasteiger partial charge in [-0.2, -0.15) is 0 Å². The molecule has 5 heteroatoms. The predicted octanol–water partition coefficient (Wildman–Crippen LogP) is 3.43. The van der Waals surface area contributed by atoms with Crippen LogP contribution in [0.3, 0.4) is 0 Å². The first kappa shape index (κ1) is 16.1. The fourth-order valence-electron chi connectivity index (χ4n) is 3.83. The summed E-state index contributed by atoms with van der Waals surface area (Å²) in [4.78, 5) is 19.8. The largest absolute Gasteiger partial charge is 0.327 e. The summed E-state index contributed by atoms with van der Waals surface area (Å²) in [5, 5.41) is 0. The number of nitrogens with one attached hydrogen (secondary N) is 1. The van der Waals surface area contributed by atoms with E-state index in [4.69, 9.17) is 5.73 Å². The molecule has 2 heterocycles. The predicted molar refractivity (Wildman–Crippen MR) is 100 cm³/mol. The van der Waals surface area contributed by atoms with Crippen molar-refractivity contribution in [3.63, 3.8) is 0 Å². The molecule has 3 N–H and O–H groups in total. The summed E-state index contributed by atoms with van der Waals surface area (Å²) in [6.45, 7) is 1.33. The number of hydrogen-bond acceptors (Lipinski definition) is 3. The molecular weight excluding hydrogens is 312 g/mol. The van der Waals surface area contributed by atoms with Gasteiger partial charge in [-0.25, -0.2) is 9.78 Å². The Morgan fingerprint density at radius 3 is 2.60 bits per heavy atom. The molecule has 3 aromatic rings. The van der Waals surface area contributed by atoms with Crippen LogP contribution in [0.15, 0.2) is 41.3 Å². The average Bonchev–Trinajstić information content (AvgIpc) is 2.97. The molecule has 1 saturated carbocycles. The van der Waals surface area contributed by atoms with Crippen molar-refractivity contribution in [2.24, 2.45) is 11.7 Å². The maximum Gasteiger partial charge on any atom is 0.327 e. The highest BCUT2D eigenvalue weighted by Gasteiger charge is 2.17. The van der Waals surface area contributed by atoms with Crippen molar-refractivity contribution in [1.82, 2.24) is 14.5 Å². The molecule has 2 aromatic heterocycles. The van der Waals surface area contributed by atoms with Crippen molar-refractivity contribution >= 4 is 11.2 Å². The number of H-pyrrole nitrogens is 1. The van der Waals surface area contributed by atoms with Gasteiger partial charge in [0.15, 0.2) is 5.65 Å². The maximum atomic E-state index is 12.4. The third-order valence-electron chi connectivity index (χ3n) is 5.32. The lowest BCUT2D eigenvalue weighted by molar-refractivity contribution is 0.319. The fraction of sp³-hybridized carbons (Fsp3) is 0.400. The number of nitrogens with zero attached hydrogens (tertiary/aromatic N) is 2. The molecule has 5 nitrogen and oxygen atoms in total. The van der Waals surface area contributed by atoms with Crippen molar-refractivity contribution in [3.8, 4) is 11.1 Å². The molecule has 1 fully saturated rings. The Labute approximate surface area is 146 Å². The van der Waals surface area contributed by atoms with Gasteiger partial charge in [-0.1, -0.05) is 43.5 Å². The molecule has 4 rings (SSSR count). The topological polar surface area (TPSA) is 76.7 Å². The second kappa shape index (κ2) is 6.84. The van der Waals surface area contributed by atoms with E-state index in [1.807, 2.05) is 22.9 Å². The van der Waals surface area contributed by atoms with Crippen molar-refractivity contribution in [2.45, 2.75) is 45.2 Å². The number of nitrogens with two attached hydrogens (primary N) is 1. The minimum absolute atomic E-state index is 0.0521. The minimum atomic E-state index is -0.0521. The number of benzene rings is 1. The van der Waals surface area contributed by atoms with E-state index in [-0.39, 0.29) is 5.69 Å². The molecule has 25 heavy (non-hydrogen) atoms. The second-order valence-electron chi connectivity index (χ2n) is 7.04. The Kier molecular flexibility index (Phi) is 4.40. The van der Waals surface area contributed by atoms with Gasteiger partial charge in [-0.15, -0.1) is 0 Å². The Hall–Kier alpha value is -2.40. The Balaban J connectivity index is 1.70. The Morgan fingerprint density at radius 1 is 1.12 bits per heavy atom. The summed E-state index contributed by atoms with van der Waals surface area (Å²) in [6.07, 6.45) is 8.13. The van der Waals surface area contributed by atoms with Crippen LogP contribution in [0.1, 0.15) is 37.7 Å². The summed E-state index contributed by atoms with van der Waals surface area (Å²) in [6, 6.07) is 10.3. The number of aromatic nitrogens is 3. The normalized spacial score (nSPS) is 15.7. The lowest BCUT2D eigenvalue weighted by atomic mass is 9.89. The summed E-state index contributed by atoms with van der Waals surface area (Å²) < 4.78 is 1.87. The van der Waals surface area contributed by atoms with Gasteiger partial charge < -0.3 is 5.73 Å². The van der Waals surface area contributed by atoms with Gasteiger partial charge in [0.2, 0.25) is 0 Å². The van der Waals surface area contributed by atoms with Crippen LogP contribution < -0.4 is 11.4 Å². The number of pyridine rings is 1. The van der Waals surface area contributed by atoms with Gasteiger partial charge >= 0.3 is 5.69 Å². The minimum Gasteiger partial charge on any atom is -0.326 e. The Morgan fingerprint density at radius 2 is 1.88 bits per heavy atom. The first-order chi connectivity index (χ1) is 12.2. The van der Waals surface area contributed by atoms with E-state index in [0.717, 1.165) is 28.8 Å². The molecule has 0 bridgehead atoms. The fourth-order valence-corrected chi connectivity index (χ4v) is 3.83. The van der Waals surface area contributed by atoms with E-state index in [2.05, 4.69) is 28.2 Å². The third kappa shape index (κ3) is 3.24.